The van der Waals surface area contributed by atoms with Gasteiger partial charge in [0.25, 0.3) is 0 Å². The highest BCUT2D eigenvalue weighted by Gasteiger charge is 2.27. The Hall–Kier alpha value is -1.29. The van der Waals surface area contributed by atoms with Crippen molar-refractivity contribution in [3.63, 3.8) is 0 Å². The number of aliphatic hydroxyl groups is 2. The first-order valence-corrected chi connectivity index (χ1v) is 6.75. The number of nitrogen functional groups attached to an aromatic ring is 1. The molecule has 0 spiro atoms. The van der Waals surface area contributed by atoms with E-state index in [0.29, 0.717) is 16.4 Å². The maximum atomic E-state index is 13.5. The zero-order chi connectivity index (χ0) is 14.6. The van der Waals surface area contributed by atoms with Gasteiger partial charge in [-0.3, -0.25) is 0 Å². The molecule has 1 aromatic rings. The summed E-state index contributed by atoms with van der Waals surface area (Å²) in [5, 5.41) is 17.6. The average Bonchev–Trinajstić information content (AvgIpc) is 2.33. The lowest BCUT2D eigenvalue weighted by Crippen LogP contribution is -2.36. The summed E-state index contributed by atoms with van der Waals surface area (Å²) in [4.78, 5) is -0.798. The Kier molecular flexibility index (Phi) is 5.18. The summed E-state index contributed by atoms with van der Waals surface area (Å²) in [5.74, 6) is -2.35. The van der Waals surface area contributed by atoms with Crippen molar-refractivity contribution >= 4 is 15.7 Å². The van der Waals surface area contributed by atoms with Crippen molar-refractivity contribution in [1.82, 2.24) is 4.31 Å². The van der Waals surface area contributed by atoms with Crippen LogP contribution in [0.2, 0.25) is 0 Å². The number of benzene rings is 1. The van der Waals surface area contributed by atoms with Crippen LogP contribution in [0.5, 0.6) is 0 Å². The molecule has 0 saturated heterocycles. The molecule has 0 amide bonds. The molecule has 0 fully saturated rings. The Balaban J connectivity index is 3.28. The van der Waals surface area contributed by atoms with E-state index in [1.54, 1.807) is 0 Å². The van der Waals surface area contributed by atoms with E-state index in [1.807, 2.05) is 0 Å². The molecule has 9 heteroatoms. The zero-order valence-corrected chi connectivity index (χ0v) is 10.7. The van der Waals surface area contributed by atoms with Crippen LogP contribution in [-0.4, -0.2) is 49.2 Å². The molecule has 108 valence electrons. The highest BCUT2D eigenvalue weighted by molar-refractivity contribution is 7.89. The van der Waals surface area contributed by atoms with Crippen molar-refractivity contribution in [2.45, 2.75) is 4.90 Å². The predicted molar refractivity (Wildman–Crippen MR) is 63.7 cm³/mol. The van der Waals surface area contributed by atoms with Gasteiger partial charge in [-0.2, -0.15) is 4.31 Å². The number of sulfonamides is 1. The van der Waals surface area contributed by atoms with E-state index < -0.39 is 45.5 Å². The minimum atomic E-state index is -4.30. The van der Waals surface area contributed by atoms with Gasteiger partial charge in [0, 0.05) is 19.2 Å². The van der Waals surface area contributed by atoms with Gasteiger partial charge in [-0.05, 0) is 6.07 Å². The summed E-state index contributed by atoms with van der Waals surface area (Å²) >= 11 is 0. The summed E-state index contributed by atoms with van der Waals surface area (Å²) < 4.78 is 51.4. The number of rotatable bonds is 6. The van der Waals surface area contributed by atoms with Gasteiger partial charge >= 0.3 is 0 Å². The van der Waals surface area contributed by atoms with Crippen molar-refractivity contribution in [3.05, 3.63) is 23.8 Å². The molecule has 0 aliphatic rings. The maximum Gasteiger partial charge on any atom is 0.246 e. The van der Waals surface area contributed by atoms with Crippen LogP contribution in [0, 0.1) is 11.6 Å². The van der Waals surface area contributed by atoms with Gasteiger partial charge in [-0.25, -0.2) is 17.2 Å². The van der Waals surface area contributed by atoms with Gasteiger partial charge in [0.1, 0.15) is 16.5 Å². The second-order valence-electron chi connectivity index (χ2n) is 3.66. The summed E-state index contributed by atoms with van der Waals surface area (Å²) in [5.41, 5.74) is 4.70. The first-order chi connectivity index (χ1) is 8.84. The number of hydrogen-bond donors (Lipinski definition) is 3. The lowest BCUT2D eigenvalue weighted by molar-refractivity contribution is 0.217. The number of nitrogens with zero attached hydrogens (tertiary/aromatic N) is 1. The van der Waals surface area contributed by atoms with Crippen LogP contribution in [-0.2, 0) is 10.0 Å². The smallest absolute Gasteiger partial charge is 0.246 e. The second-order valence-corrected chi connectivity index (χ2v) is 5.56. The molecule has 0 aromatic heterocycles. The van der Waals surface area contributed by atoms with Crippen molar-refractivity contribution in [2.75, 3.05) is 32.0 Å². The van der Waals surface area contributed by atoms with Gasteiger partial charge < -0.3 is 15.9 Å². The molecule has 0 aliphatic heterocycles. The molecule has 0 aliphatic carbocycles. The topological polar surface area (TPSA) is 104 Å². The van der Waals surface area contributed by atoms with Gasteiger partial charge in [0.15, 0.2) is 0 Å². The number of aliphatic hydroxyl groups excluding tert-OH is 2. The molecule has 1 aromatic carbocycles. The summed E-state index contributed by atoms with van der Waals surface area (Å²) in [6.07, 6.45) is 0. The molecular weight excluding hydrogens is 282 g/mol. The van der Waals surface area contributed by atoms with Crippen LogP contribution in [0.15, 0.2) is 17.0 Å². The Labute approximate surface area is 109 Å². The fourth-order valence-electron chi connectivity index (χ4n) is 1.46. The lowest BCUT2D eigenvalue weighted by Gasteiger charge is -2.20. The molecule has 6 nitrogen and oxygen atoms in total. The van der Waals surface area contributed by atoms with Gasteiger partial charge in [-0.1, -0.05) is 0 Å². The van der Waals surface area contributed by atoms with Crippen LogP contribution in [0.3, 0.4) is 0 Å². The molecule has 0 heterocycles. The lowest BCUT2D eigenvalue weighted by atomic mass is 10.3. The first-order valence-electron chi connectivity index (χ1n) is 5.31. The van der Waals surface area contributed by atoms with E-state index in [1.165, 1.54) is 0 Å². The van der Waals surface area contributed by atoms with Crippen molar-refractivity contribution < 1.29 is 27.4 Å². The average molecular weight is 296 g/mol. The van der Waals surface area contributed by atoms with Crippen molar-refractivity contribution in [3.8, 4) is 0 Å². The van der Waals surface area contributed by atoms with E-state index >= 15 is 0 Å². The Morgan fingerprint density at radius 1 is 1.11 bits per heavy atom. The first kappa shape index (κ1) is 15.8. The Morgan fingerprint density at radius 2 is 1.63 bits per heavy atom. The normalized spacial score (nSPS) is 12.1. The molecule has 0 radical (unpaired) electrons. The fourth-order valence-corrected chi connectivity index (χ4v) is 2.96. The summed E-state index contributed by atoms with van der Waals surface area (Å²) in [6, 6.07) is 1.04. The third-order valence-electron chi connectivity index (χ3n) is 2.37. The van der Waals surface area contributed by atoms with E-state index in [4.69, 9.17) is 15.9 Å². The largest absolute Gasteiger partial charge is 0.396 e. The van der Waals surface area contributed by atoms with E-state index in [-0.39, 0.29) is 13.1 Å². The van der Waals surface area contributed by atoms with Crippen LogP contribution in [0.1, 0.15) is 0 Å². The molecule has 0 atom stereocenters. The highest BCUT2D eigenvalue weighted by Crippen LogP contribution is 2.23. The van der Waals surface area contributed by atoms with Crippen molar-refractivity contribution in [2.24, 2.45) is 0 Å². The van der Waals surface area contributed by atoms with Gasteiger partial charge in [0.2, 0.25) is 10.0 Å². The SMILES string of the molecule is Nc1cc(S(=O)(=O)N(CCO)CCO)c(F)cc1F. The standard InChI is InChI=1S/C10H14F2N2O4S/c11-7-5-8(12)10(6-9(7)13)19(17,18)14(1-3-15)2-4-16/h5-6,15-16H,1-4,13H2. The molecule has 1 rings (SSSR count). The minimum Gasteiger partial charge on any atom is -0.396 e. The number of anilines is 1. The van der Waals surface area contributed by atoms with Crippen LogP contribution in [0.4, 0.5) is 14.5 Å². The van der Waals surface area contributed by atoms with E-state index in [2.05, 4.69) is 0 Å². The summed E-state index contributed by atoms with van der Waals surface area (Å²) in [7, 11) is -4.30. The van der Waals surface area contributed by atoms with Crippen LogP contribution >= 0.6 is 0 Å². The quantitative estimate of drug-likeness (QED) is 0.615. The Bertz CT molecular complexity index is 545. The molecule has 4 N–H and O–H groups in total. The molecule has 0 bridgehead atoms. The third-order valence-corrected chi connectivity index (χ3v) is 4.28. The van der Waals surface area contributed by atoms with Gasteiger partial charge in [-0.15, -0.1) is 0 Å². The maximum absolute atomic E-state index is 13.5. The van der Waals surface area contributed by atoms with E-state index in [9.17, 15) is 17.2 Å². The summed E-state index contributed by atoms with van der Waals surface area (Å²) in [6.45, 7) is -1.64. The zero-order valence-electron chi connectivity index (χ0n) is 9.88. The fraction of sp³-hybridized carbons (Fsp3) is 0.400. The number of halogens is 2. The third kappa shape index (κ3) is 3.38. The van der Waals surface area contributed by atoms with Crippen LogP contribution < -0.4 is 5.73 Å². The van der Waals surface area contributed by atoms with E-state index in [0.717, 1.165) is 0 Å². The molecule has 0 unspecified atom stereocenters. The van der Waals surface area contributed by atoms with Crippen LogP contribution in [0.25, 0.3) is 0 Å². The minimum absolute atomic E-state index is 0.320. The number of nitrogens with two attached hydrogens (primary N) is 1. The second kappa shape index (κ2) is 6.24. The number of hydrogen-bond acceptors (Lipinski definition) is 5. The molecular formula is C10H14F2N2O4S. The molecule has 19 heavy (non-hydrogen) atoms. The Morgan fingerprint density at radius 3 is 2.11 bits per heavy atom. The van der Waals surface area contributed by atoms with Gasteiger partial charge in [0.05, 0.1) is 18.9 Å². The van der Waals surface area contributed by atoms with Crippen molar-refractivity contribution in [1.29, 1.82) is 0 Å². The highest BCUT2D eigenvalue weighted by atomic mass is 32.2. The predicted octanol–water partition coefficient (Wildman–Crippen LogP) is -0.478. The monoisotopic (exact) mass is 296 g/mol. The molecule has 0 saturated carbocycles.